The van der Waals surface area contributed by atoms with Gasteiger partial charge in [-0.2, -0.15) is 0 Å². The van der Waals surface area contributed by atoms with Crippen LogP contribution in [0.2, 0.25) is 0 Å². The zero-order chi connectivity index (χ0) is 11.7. The number of Topliss-reactive ketones (excluding diaryl/α,β-unsaturated/α-hetero) is 1. The Balaban J connectivity index is 0.000000288. The van der Waals surface area contributed by atoms with Crippen LogP contribution < -0.4 is 4.74 Å². The number of carbonyl (C=O) groups excluding carboxylic acids is 1. The highest BCUT2D eigenvalue weighted by Gasteiger charge is 1.89. The van der Waals surface area contributed by atoms with E-state index in [0.717, 1.165) is 0 Å². The van der Waals surface area contributed by atoms with Crippen LogP contribution in [-0.2, 0) is 4.79 Å². The Hall–Kier alpha value is -1.51. The van der Waals surface area contributed by atoms with Crippen molar-refractivity contribution in [3.63, 3.8) is 0 Å². The van der Waals surface area contributed by atoms with Crippen molar-refractivity contribution in [3.8, 4) is 11.5 Å². The van der Waals surface area contributed by atoms with E-state index < -0.39 is 0 Å². The lowest BCUT2D eigenvalue weighted by atomic mass is 10.3. The van der Waals surface area contributed by atoms with Crippen molar-refractivity contribution < 1.29 is 14.6 Å². The molecule has 0 unspecified atom stereocenters. The van der Waals surface area contributed by atoms with Gasteiger partial charge in [-0.3, -0.25) is 4.79 Å². The number of ketones is 1. The molecule has 1 rings (SSSR count). The average Bonchev–Trinajstić information content (AvgIpc) is 2.28. The SMILES string of the molecule is CCC(=O)CC.COc1cccc(O)c1. The summed E-state index contributed by atoms with van der Waals surface area (Å²) < 4.78 is 4.84. The van der Waals surface area contributed by atoms with Crippen molar-refractivity contribution >= 4 is 5.78 Å². The number of phenols is 1. The predicted octanol–water partition coefficient (Wildman–Crippen LogP) is 2.78. The minimum atomic E-state index is 0.231. The highest BCUT2D eigenvalue weighted by molar-refractivity contribution is 5.77. The van der Waals surface area contributed by atoms with Crippen molar-refractivity contribution in [2.45, 2.75) is 26.7 Å². The summed E-state index contributed by atoms with van der Waals surface area (Å²) in [5.41, 5.74) is 0. The van der Waals surface area contributed by atoms with E-state index in [1.807, 2.05) is 13.8 Å². The first-order valence-corrected chi connectivity index (χ1v) is 4.98. The summed E-state index contributed by atoms with van der Waals surface area (Å²) in [6.07, 6.45) is 1.38. The molecule has 0 heterocycles. The normalized spacial score (nSPS) is 8.73. The quantitative estimate of drug-likeness (QED) is 0.834. The summed E-state index contributed by atoms with van der Waals surface area (Å²) in [7, 11) is 1.56. The maximum Gasteiger partial charge on any atom is 0.132 e. The molecule has 0 aliphatic carbocycles. The van der Waals surface area contributed by atoms with Gasteiger partial charge in [0.05, 0.1) is 7.11 Å². The molecular formula is C12H18O3. The number of carbonyl (C=O) groups is 1. The van der Waals surface area contributed by atoms with Crippen LogP contribution in [-0.4, -0.2) is 18.0 Å². The van der Waals surface area contributed by atoms with Gasteiger partial charge in [0.2, 0.25) is 0 Å². The van der Waals surface area contributed by atoms with Gasteiger partial charge < -0.3 is 9.84 Å². The van der Waals surface area contributed by atoms with E-state index in [1.165, 1.54) is 0 Å². The molecule has 0 saturated carbocycles. The molecule has 0 atom stereocenters. The summed E-state index contributed by atoms with van der Waals surface area (Å²) in [6, 6.07) is 6.66. The van der Waals surface area contributed by atoms with E-state index in [4.69, 9.17) is 9.84 Å². The first-order valence-electron chi connectivity index (χ1n) is 4.98. The number of rotatable bonds is 3. The van der Waals surface area contributed by atoms with Gasteiger partial charge in [-0.05, 0) is 12.1 Å². The number of hydrogen-bond donors (Lipinski definition) is 1. The maximum absolute atomic E-state index is 10.2. The third-order valence-electron chi connectivity index (χ3n) is 1.84. The molecule has 0 saturated heterocycles. The highest BCUT2D eigenvalue weighted by Crippen LogP contribution is 2.16. The zero-order valence-electron chi connectivity index (χ0n) is 9.49. The number of hydrogen-bond acceptors (Lipinski definition) is 3. The number of aromatic hydroxyl groups is 1. The fourth-order valence-electron chi connectivity index (χ4n) is 0.860. The molecule has 0 aromatic heterocycles. The van der Waals surface area contributed by atoms with Gasteiger partial charge >= 0.3 is 0 Å². The molecule has 3 heteroatoms. The minimum Gasteiger partial charge on any atom is -0.508 e. The monoisotopic (exact) mass is 210 g/mol. The van der Waals surface area contributed by atoms with Crippen molar-refractivity contribution in [3.05, 3.63) is 24.3 Å². The first kappa shape index (κ1) is 13.5. The third kappa shape index (κ3) is 6.55. The van der Waals surface area contributed by atoms with Gasteiger partial charge in [0.1, 0.15) is 17.3 Å². The second-order valence-electron chi connectivity index (χ2n) is 2.95. The lowest BCUT2D eigenvalue weighted by Crippen LogP contribution is -1.88. The standard InChI is InChI=1S/C7H8O2.C5H10O/c1-9-7-4-2-3-6(8)5-7;1-3-5(6)4-2/h2-5,8H,1H3;3-4H2,1-2H3. The van der Waals surface area contributed by atoms with Gasteiger partial charge in [0.15, 0.2) is 0 Å². The Morgan fingerprint density at radius 3 is 2.20 bits per heavy atom. The van der Waals surface area contributed by atoms with E-state index in [-0.39, 0.29) is 5.75 Å². The lowest BCUT2D eigenvalue weighted by Gasteiger charge is -1.97. The molecular weight excluding hydrogens is 192 g/mol. The summed E-state index contributed by atoms with van der Waals surface area (Å²) in [5.74, 6) is 1.25. The van der Waals surface area contributed by atoms with Crippen molar-refractivity contribution in [1.29, 1.82) is 0 Å². The van der Waals surface area contributed by atoms with Crippen LogP contribution >= 0.6 is 0 Å². The summed E-state index contributed by atoms with van der Waals surface area (Å²) in [5, 5.41) is 8.86. The van der Waals surface area contributed by atoms with Crippen LogP contribution in [0.25, 0.3) is 0 Å². The van der Waals surface area contributed by atoms with Gasteiger partial charge in [-0.25, -0.2) is 0 Å². The largest absolute Gasteiger partial charge is 0.508 e. The Morgan fingerprint density at radius 2 is 1.93 bits per heavy atom. The van der Waals surface area contributed by atoms with Crippen LogP contribution in [0.15, 0.2) is 24.3 Å². The molecule has 84 valence electrons. The first-order chi connectivity index (χ1) is 7.13. The van der Waals surface area contributed by atoms with E-state index in [0.29, 0.717) is 24.4 Å². The Labute approximate surface area is 90.7 Å². The summed E-state index contributed by atoms with van der Waals surface area (Å²) >= 11 is 0. The molecule has 0 fully saturated rings. The van der Waals surface area contributed by atoms with Crippen LogP contribution in [0.5, 0.6) is 11.5 Å². The average molecular weight is 210 g/mol. The van der Waals surface area contributed by atoms with Gasteiger partial charge in [0, 0.05) is 18.9 Å². The molecule has 0 aliphatic rings. The minimum absolute atomic E-state index is 0.231. The zero-order valence-corrected chi connectivity index (χ0v) is 9.49. The molecule has 15 heavy (non-hydrogen) atoms. The van der Waals surface area contributed by atoms with Crippen LogP contribution in [0, 0.1) is 0 Å². The topological polar surface area (TPSA) is 46.5 Å². The third-order valence-corrected chi connectivity index (χ3v) is 1.84. The lowest BCUT2D eigenvalue weighted by molar-refractivity contribution is -0.118. The van der Waals surface area contributed by atoms with Crippen molar-refractivity contribution in [2.24, 2.45) is 0 Å². The molecule has 0 amide bonds. The van der Waals surface area contributed by atoms with Crippen LogP contribution in [0.4, 0.5) is 0 Å². The second-order valence-corrected chi connectivity index (χ2v) is 2.95. The Bertz CT molecular complexity index is 289. The number of benzene rings is 1. The molecule has 0 radical (unpaired) electrons. The molecule has 1 aromatic carbocycles. The van der Waals surface area contributed by atoms with Crippen LogP contribution in [0.3, 0.4) is 0 Å². The number of phenolic OH excluding ortho intramolecular Hbond substituents is 1. The smallest absolute Gasteiger partial charge is 0.132 e. The number of methoxy groups -OCH3 is 1. The van der Waals surface area contributed by atoms with Crippen molar-refractivity contribution in [1.82, 2.24) is 0 Å². The van der Waals surface area contributed by atoms with E-state index in [2.05, 4.69) is 0 Å². The fourth-order valence-corrected chi connectivity index (χ4v) is 0.860. The molecule has 3 nitrogen and oxygen atoms in total. The summed E-state index contributed by atoms with van der Waals surface area (Å²) in [6.45, 7) is 3.76. The molecule has 1 N–H and O–H groups in total. The Kier molecular flexibility index (Phi) is 7.06. The van der Waals surface area contributed by atoms with Gasteiger partial charge in [0.25, 0.3) is 0 Å². The van der Waals surface area contributed by atoms with Gasteiger partial charge in [-0.15, -0.1) is 0 Å². The molecule has 0 bridgehead atoms. The van der Waals surface area contributed by atoms with E-state index in [1.54, 1.807) is 31.4 Å². The molecule has 1 aromatic rings. The highest BCUT2D eigenvalue weighted by atomic mass is 16.5. The summed E-state index contributed by atoms with van der Waals surface area (Å²) in [4.78, 5) is 10.2. The Morgan fingerprint density at radius 1 is 1.33 bits per heavy atom. The predicted molar refractivity (Wildman–Crippen MR) is 60.2 cm³/mol. The second kappa shape index (κ2) is 7.85. The van der Waals surface area contributed by atoms with Crippen molar-refractivity contribution in [2.75, 3.05) is 7.11 Å². The van der Waals surface area contributed by atoms with E-state index >= 15 is 0 Å². The van der Waals surface area contributed by atoms with Crippen LogP contribution in [0.1, 0.15) is 26.7 Å². The molecule has 0 aliphatic heterocycles. The number of ether oxygens (including phenoxy) is 1. The van der Waals surface area contributed by atoms with Gasteiger partial charge in [-0.1, -0.05) is 19.9 Å². The fraction of sp³-hybridized carbons (Fsp3) is 0.417. The molecule has 0 spiro atoms. The van der Waals surface area contributed by atoms with E-state index in [9.17, 15) is 4.79 Å². The maximum atomic E-state index is 10.2.